The van der Waals surface area contributed by atoms with Gasteiger partial charge in [0, 0.05) is 24.8 Å². The van der Waals surface area contributed by atoms with Gasteiger partial charge in [0.1, 0.15) is 0 Å². The monoisotopic (exact) mass is 413 g/mol. The Bertz CT molecular complexity index is 968. The van der Waals surface area contributed by atoms with Crippen molar-refractivity contribution in [2.75, 3.05) is 25.0 Å². The van der Waals surface area contributed by atoms with Gasteiger partial charge in [-0.15, -0.1) is 0 Å². The second-order valence-electron chi connectivity index (χ2n) is 7.87. The number of benzene rings is 2. The van der Waals surface area contributed by atoms with Crippen LogP contribution in [0.3, 0.4) is 0 Å². The lowest BCUT2D eigenvalue weighted by Crippen LogP contribution is -2.46. The van der Waals surface area contributed by atoms with Crippen molar-refractivity contribution in [1.29, 1.82) is 0 Å². The van der Waals surface area contributed by atoms with Crippen LogP contribution in [-0.2, 0) is 27.7 Å². The van der Waals surface area contributed by atoms with E-state index in [2.05, 4.69) is 14.9 Å². The second kappa shape index (κ2) is 8.65. The van der Waals surface area contributed by atoms with Crippen molar-refractivity contribution in [3.05, 3.63) is 59.7 Å². The summed E-state index contributed by atoms with van der Waals surface area (Å²) in [5.41, 5.74) is 3.22. The van der Waals surface area contributed by atoms with E-state index in [0.717, 1.165) is 30.5 Å². The van der Waals surface area contributed by atoms with Crippen molar-refractivity contribution in [3.63, 3.8) is 0 Å². The fraction of sp³-hybridized carbons (Fsp3) is 0.409. The van der Waals surface area contributed by atoms with Crippen LogP contribution in [0, 0.1) is 0 Å². The van der Waals surface area contributed by atoms with Gasteiger partial charge in [0.15, 0.2) is 0 Å². The van der Waals surface area contributed by atoms with Crippen LogP contribution in [0.5, 0.6) is 0 Å². The molecule has 6 nitrogen and oxygen atoms in total. The van der Waals surface area contributed by atoms with Crippen molar-refractivity contribution in [2.24, 2.45) is 0 Å². The number of carbonyl (C=O) groups excluding carboxylic acids is 1. The van der Waals surface area contributed by atoms with E-state index >= 15 is 0 Å². The number of aryl methyl sites for hydroxylation is 2. The number of piperidine rings is 1. The Kier molecular flexibility index (Phi) is 5.99. The first-order chi connectivity index (χ1) is 14.0. The number of hydrogen-bond donors (Lipinski definition) is 2. The third-order valence-electron chi connectivity index (χ3n) is 5.71. The van der Waals surface area contributed by atoms with Crippen LogP contribution in [0.1, 0.15) is 30.4 Å². The van der Waals surface area contributed by atoms with Crippen molar-refractivity contribution in [2.45, 2.75) is 43.0 Å². The summed E-state index contributed by atoms with van der Waals surface area (Å²) in [6.07, 6.45) is 4.50. The Balaban J connectivity index is 1.28. The molecule has 2 aromatic rings. The van der Waals surface area contributed by atoms with E-state index in [1.54, 1.807) is 6.07 Å². The molecule has 29 heavy (non-hydrogen) atoms. The number of amides is 1. The molecule has 2 aromatic carbocycles. The van der Waals surface area contributed by atoms with Gasteiger partial charge in [-0.1, -0.05) is 24.3 Å². The first-order valence-electron chi connectivity index (χ1n) is 10.2. The van der Waals surface area contributed by atoms with Crippen LogP contribution in [0.15, 0.2) is 53.4 Å². The average Bonchev–Trinajstić information content (AvgIpc) is 3.18. The van der Waals surface area contributed by atoms with E-state index in [1.807, 2.05) is 42.5 Å². The van der Waals surface area contributed by atoms with Gasteiger partial charge in [0.05, 0.1) is 11.4 Å². The van der Waals surface area contributed by atoms with Gasteiger partial charge in [-0.05, 0) is 67.5 Å². The number of rotatable bonds is 6. The number of para-hydroxylation sites is 1. The minimum atomic E-state index is -3.51. The largest absolute Gasteiger partial charge is 0.325 e. The maximum Gasteiger partial charge on any atom is 0.240 e. The van der Waals surface area contributed by atoms with Gasteiger partial charge in [-0.3, -0.25) is 9.69 Å². The van der Waals surface area contributed by atoms with E-state index in [4.69, 9.17) is 0 Å². The molecule has 1 heterocycles. The molecule has 0 aromatic heterocycles. The minimum Gasteiger partial charge on any atom is -0.325 e. The molecule has 2 aliphatic rings. The molecule has 1 fully saturated rings. The molecule has 1 amide bonds. The van der Waals surface area contributed by atoms with Crippen molar-refractivity contribution < 1.29 is 13.2 Å². The standard InChI is InChI=1S/C22H27N3O3S/c26-22(23-19-7-2-1-3-8-19)16-25-13-11-20(12-14-25)24-29(27,28)21-10-9-17-5-4-6-18(17)15-21/h1-3,7-10,15,20,24H,4-6,11-14,16H2,(H,23,26). The molecular weight excluding hydrogens is 386 g/mol. The van der Waals surface area contributed by atoms with Gasteiger partial charge < -0.3 is 5.32 Å². The summed E-state index contributed by atoms with van der Waals surface area (Å²) >= 11 is 0. The first kappa shape index (κ1) is 20.1. The molecular formula is C22H27N3O3S. The predicted octanol–water partition coefficient (Wildman–Crippen LogP) is 2.56. The lowest BCUT2D eigenvalue weighted by Gasteiger charge is -2.31. The van der Waals surface area contributed by atoms with Gasteiger partial charge >= 0.3 is 0 Å². The number of hydrogen-bond acceptors (Lipinski definition) is 4. The third-order valence-corrected chi connectivity index (χ3v) is 7.23. The summed E-state index contributed by atoms with van der Waals surface area (Å²) in [7, 11) is -3.51. The van der Waals surface area contributed by atoms with E-state index in [9.17, 15) is 13.2 Å². The normalized spacial score (nSPS) is 17.8. The highest BCUT2D eigenvalue weighted by atomic mass is 32.2. The number of likely N-dealkylation sites (tertiary alicyclic amines) is 1. The molecule has 0 bridgehead atoms. The van der Waals surface area contributed by atoms with Crippen LogP contribution >= 0.6 is 0 Å². The van der Waals surface area contributed by atoms with Crippen LogP contribution in [0.4, 0.5) is 5.69 Å². The quantitative estimate of drug-likeness (QED) is 0.763. The fourth-order valence-electron chi connectivity index (χ4n) is 4.14. The summed E-state index contributed by atoms with van der Waals surface area (Å²) in [4.78, 5) is 14.6. The lowest BCUT2D eigenvalue weighted by atomic mass is 10.1. The fourth-order valence-corrected chi connectivity index (χ4v) is 5.49. The number of carbonyl (C=O) groups is 1. The molecule has 7 heteroatoms. The number of anilines is 1. The zero-order valence-corrected chi connectivity index (χ0v) is 17.2. The lowest BCUT2D eigenvalue weighted by molar-refractivity contribution is -0.117. The van der Waals surface area contributed by atoms with Crippen LogP contribution in [-0.4, -0.2) is 44.9 Å². The van der Waals surface area contributed by atoms with E-state index in [0.29, 0.717) is 37.4 Å². The molecule has 0 unspecified atom stereocenters. The molecule has 0 atom stereocenters. The highest BCUT2D eigenvalue weighted by molar-refractivity contribution is 7.89. The highest BCUT2D eigenvalue weighted by Crippen LogP contribution is 2.25. The van der Waals surface area contributed by atoms with Crippen molar-refractivity contribution >= 4 is 21.6 Å². The highest BCUT2D eigenvalue weighted by Gasteiger charge is 2.26. The average molecular weight is 414 g/mol. The van der Waals surface area contributed by atoms with E-state index < -0.39 is 10.0 Å². The van der Waals surface area contributed by atoms with Crippen molar-refractivity contribution in [1.82, 2.24) is 9.62 Å². The third kappa shape index (κ3) is 5.04. The first-order valence-corrected chi connectivity index (χ1v) is 11.7. The summed E-state index contributed by atoms with van der Waals surface area (Å²) in [5.74, 6) is -0.0478. The molecule has 2 N–H and O–H groups in total. The van der Waals surface area contributed by atoms with Gasteiger partial charge in [0.25, 0.3) is 0 Å². The Hall–Kier alpha value is -2.22. The number of nitrogens with zero attached hydrogens (tertiary/aromatic N) is 1. The molecule has 1 saturated heterocycles. The Labute approximate surface area is 172 Å². The Morgan fingerprint density at radius 1 is 1.00 bits per heavy atom. The van der Waals surface area contributed by atoms with Crippen LogP contribution in [0.25, 0.3) is 0 Å². The van der Waals surface area contributed by atoms with Crippen molar-refractivity contribution in [3.8, 4) is 0 Å². The van der Waals surface area contributed by atoms with E-state index in [-0.39, 0.29) is 11.9 Å². The topological polar surface area (TPSA) is 78.5 Å². The predicted molar refractivity (Wildman–Crippen MR) is 113 cm³/mol. The maximum atomic E-state index is 12.8. The molecule has 0 radical (unpaired) electrons. The molecule has 154 valence electrons. The minimum absolute atomic E-state index is 0.0478. The van der Waals surface area contributed by atoms with E-state index in [1.165, 1.54) is 5.56 Å². The summed E-state index contributed by atoms with van der Waals surface area (Å²) in [5, 5.41) is 2.89. The molecule has 0 saturated carbocycles. The number of sulfonamides is 1. The zero-order chi connectivity index (χ0) is 20.3. The van der Waals surface area contributed by atoms with Crippen LogP contribution < -0.4 is 10.0 Å². The Morgan fingerprint density at radius 2 is 1.72 bits per heavy atom. The molecule has 0 spiro atoms. The van der Waals surface area contributed by atoms with Crippen LogP contribution in [0.2, 0.25) is 0 Å². The maximum absolute atomic E-state index is 12.8. The Morgan fingerprint density at radius 3 is 2.48 bits per heavy atom. The number of nitrogens with one attached hydrogen (secondary N) is 2. The SMILES string of the molecule is O=C(CN1CCC(NS(=O)(=O)c2ccc3c(c2)CCC3)CC1)Nc1ccccc1. The molecule has 4 rings (SSSR count). The van der Waals surface area contributed by atoms with Gasteiger partial charge in [-0.25, -0.2) is 13.1 Å². The summed E-state index contributed by atoms with van der Waals surface area (Å²) in [6, 6.07) is 14.8. The summed E-state index contributed by atoms with van der Waals surface area (Å²) in [6.45, 7) is 1.71. The zero-order valence-electron chi connectivity index (χ0n) is 16.4. The van der Waals surface area contributed by atoms with Gasteiger partial charge in [-0.2, -0.15) is 0 Å². The second-order valence-corrected chi connectivity index (χ2v) is 9.58. The molecule has 1 aliphatic heterocycles. The number of fused-ring (bicyclic) bond motifs is 1. The smallest absolute Gasteiger partial charge is 0.240 e. The molecule has 1 aliphatic carbocycles. The van der Waals surface area contributed by atoms with Gasteiger partial charge in [0.2, 0.25) is 15.9 Å². The summed E-state index contributed by atoms with van der Waals surface area (Å²) < 4.78 is 28.4.